The molecule has 0 saturated carbocycles. The average molecular weight is 402 g/mol. The van der Waals surface area contributed by atoms with Crippen LogP contribution in [0.1, 0.15) is 45.3 Å². The summed E-state index contributed by atoms with van der Waals surface area (Å²) in [6.07, 6.45) is 4.12. The monoisotopic (exact) mass is 402 g/mol. The van der Waals surface area contributed by atoms with Gasteiger partial charge in [0, 0.05) is 30.0 Å². The van der Waals surface area contributed by atoms with E-state index in [1.54, 1.807) is 18.3 Å². The molecule has 154 valence electrons. The molecular formula is C25H26N2O3. The van der Waals surface area contributed by atoms with Crippen LogP contribution in [0.25, 0.3) is 11.1 Å². The molecule has 0 saturated heterocycles. The van der Waals surface area contributed by atoms with Gasteiger partial charge in [-0.05, 0) is 66.6 Å². The number of aromatic carboxylic acids is 1. The van der Waals surface area contributed by atoms with Crippen LogP contribution in [0.5, 0.6) is 0 Å². The quantitative estimate of drug-likeness (QED) is 0.582. The summed E-state index contributed by atoms with van der Waals surface area (Å²) in [6.45, 7) is 2.43. The van der Waals surface area contributed by atoms with Crippen molar-refractivity contribution < 1.29 is 15.0 Å². The smallest absolute Gasteiger partial charge is 0.335 e. The number of aliphatic hydroxyl groups is 1. The van der Waals surface area contributed by atoms with Gasteiger partial charge in [0.05, 0.1) is 11.7 Å². The lowest BCUT2D eigenvalue weighted by Crippen LogP contribution is -2.37. The molecule has 5 nitrogen and oxygen atoms in total. The van der Waals surface area contributed by atoms with Crippen molar-refractivity contribution in [2.24, 2.45) is 0 Å². The topological polar surface area (TPSA) is 82.5 Å². The second kappa shape index (κ2) is 8.78. The first kappa shape index (κ1) is 20.3. The Morgan fingerprint density at radius 2 is 1.87 bits per heavy atom. The van der Waals surface area contributed by atoms with E-state index in [1.165, 1.54) is 11.1 Å². The number of aliphatic hydroxyl groups excluding tert-OH is 1. The third-order valence-corrected chi connectivity index (χ3v) is 5.82. The zero-order valence-corrected chi connectivity index (χ0v) is 17.0. The van der Waals surface area contributed by atoms with Crippen molar-refractivity contribution in [1.82, 2.24) is 10.3 Å². The first-order valence-electron chi connectivity index (χ1n) is 10.3. The van der Waals surface area contributed by atoms with Gasteiger partial charge in [0.15, 0.2) is 0 Å². The van der Waals surface area contributed by atoms with Gasteiger partial charge in [0.1, 0.15) is 0 Å². The predicted molar refractivity (Wildman–Crippen MR) is 117 cm³/mol. The summed E-state index contributed by atoms with van der Waals surface area (Å²) in [4.78, 5) is 15.3. The van der Waals surface area contributed by atoms with Crippen molar-refractivity contribution in [3.63, 3.8) is 0 Å². The van der Waals surface area contributed by atoms with Gasteiger partial charge in [-0.2, -0.15) is 0 Å². The third-order valence-electron chi connectivity index (χ3n) is 5.82. The van der Waals surface area contributed by atoms with Gasteiger partial charge < -0.3 is 15.5 Å². The van der Waals surface area contributed by atoms with E-state index < -0.39 is 12.1 Å². The van der Waals surface area contributed by atoms with E-state index in [9.17, 15) is 9.90 Å². The Balaban J connectivity index is 1.42. The van der Waals surface area contributed by atoms with E-state index in [0.717, 1.165) is 41.6 Å². The lowest BCUT2D eigenvalue weighted by Gasteiger charge is -2.27. The lowest BCUT2D eigenvalue weighted by atomic mass is 9.86. The van der Waals surface area contributed by atoms with E-state index in [0.29, 0.717) is 18.2 Å². The van der Waals surface area contributed by atoms with Crippen LogP contribution < -0.4 is 5.32 Å². The van der Waals surface area contributed by atoms with E-state index in [1.807, 2.05) is 31.2 Å². The summed E-state index contributed by atoms with van der Waals surface area (Å²) < 4.78 is 0. The molecule has 0 amide bonds. The van der Waals surface area contributed by atoms with Gasteiger partial charge in [0.25, 0.3) is 0 Å². The highest BCUT2D eigenvalue weighted by molar-refractivity contribution is 5.88. The van der Waals surface area contributed by atoms with Gasteiger partial charge in [0.2, 0.25) is 0 Å². The Morgan fingerprint density at radius 1 is 1.10 bits per heavy atom. The van der Waals surface area contributed by atoms with E-state index >= 15 is 0 Å². The van der Waals surface area contributed by atoms with Crippen molar-refractivity contribution >= 4 is 5.97 Å². The van der Waals surface area contributed by atoms with Crippen LogP contribution in [0.15, 0.2) is 60.8 Å². The Kier molecular flexibility index (Phi) is 5.93. The van der Waals surface area contributed by atoms with Crippen LogP contribution in [0.4, 0.5) is 0 Å². The number of aryl methyl sites for hydroxylation is 2. The van der Waals surface area contributed by atoms with Gasteiger partial charge in [-0.3, -0.25) is 4.98 Å². The van der Waals surface area contributed by atoms with Gasteiger partial charge in [-0.1, -0.05) is 36.4 Å². The number of pyridine rings is 1. The van der Waals surface area contributed by atoms with Crippen molar-refractivity contribution in [3.05, 3.63) is 88.7 Å². The van der Waals surface area contributed by atoms with E-state index in [4.69, 9.17) is 5.11 Å². The highest BCUT2D eigenvalue weighted by Gasteiger charge is 2.20. The Morgan fingerprint density at radius 3 is 2.57 bits per heavy atom. The normalized spacial score (nSPS) is 16.7. The number of benzene rings is 2. The van der Waals surface area contributed by atoms with Crippen molar-refractivity contribution in [2.45, 2.75) is 38.3 Å². The number of carboxylic acid groups (broad SMARTS) is 1. The maximum absolute atomic E-state index is 11.1. The standard InChI is InChI=1S/C25H26N2O3/c1-16-2-3-21(14-26-16)24(28)15-27-23-11-10-18-6-9-20(12-22(18)13-23)17-4-7-19(8-5-17)25(29)30/h2-9,12,14,23-24,27-28H,10-11,13,15H2,1H3,(H,29,30)/t23-,24+/m0/s1. The first-order valence-corrected chi connectivity index (χ1v) is 10.3. The minimum absolute atomic E-state index is 0.295. The molecule has 2 atom stereocenters. The highest BCUT2D eigenvalue weighted by atomic mass is 16.4. The van der Waals surface area contributed by atoms with Crippen LogP contribution >= 0.6 is 0 Å². The van der Waals surface area contributed by atoms with E-state index in [2.05, 4.69) is 28.5 Å². The third kappa shape index (κ3) is 4.58. The molecule has 0 fully saturated rings. The van der Waals surface area contributed by atoms with Crippen LogP contribution in [-0.2, 0) is 12.8 Å². The number of carbonyl (C=O) groups is 1. The second-order valence-corrected chi connectivity index (χ2v) is 7.96. The number of nitrogens with one attached hydrogen (secondary N) is 1. The molecule has 1 aliphatic rings. The lowest BCUT2D eigenvalue weighted by molar-refractivity contribution is 0.0697. The molecule has 5 heteroatoms. The summed E-state index contributed by atoms with van der Waals surface area (Å²) in [5.74, 6) is -0.912. The average Bonchev–Trinajstić information content (AvgIpc) is 2.77. The molecule has 1 heterocycles. The fourth-order valence-corrected chi connectivity index (χ4v) is 3.99. The molecule has 3 N–H and O–H groups in total. The molecule has 3 aromatic rings. The van der Waals surface area contributed by atoms with Gasteiger partial charge in [-0.15, -0.1) is 0 Å². The molecule has 0 unspecified atom stereocenters. The highest BCUT2D eigenvalue weighted by Crippen LogP contribution is 2.28. The molecule has 0 radical (unpaired) electrons. The number of carboxylic acids is 1. The number of aromatic nitrogens is 1. The fraction of sp³-hybridized carbons (Fsp3) is 0.280. The van der Waals surface area contributed by atoms with Gasteiger partial charge >= 0.3 is 5.97 Å². The summed E-state index contributed by atoms with van der Waals surface area (Å²) in [5, 5.41) is 23.0. The van der Waals surface area contributed by atoms with Crippen LogP contribution in [0, 0.1) is 6.92 Å². The number of fused-ring (bicyclic) bond motifs is 1. The molecule has 0 spiro atoms. The molecule has 1 aliphatic carbocycles. The molecule has 1 aromatic heterocycles. The number of hydrogen-bond acceptors (Lipinski definition) is 4. The molecule has 2 aromatic carbocycles. The van der Waals surface area contributed by atoms with Crippen molar-refractivity contribution in [3.8, 4) is 11.1 Å². The molecule has 30 heavy (non-hydrogen) atoms. The second-order valence-electron chi connectivity index (χ2n) is 7.96. The Hall–Kier alpha value is -3.02. The molecule has 4 rings (SSSR count). The Labute approximate surface area is 176 Å². The van der Waals surface area contributed by atoms with Crippen LogP contribution in [0.3, 0.4) is 0 Å². The SMILES string of the molecule is Cc1ccc([C@H](O)CN[C@H]2CCc3ccc(-c4ccc(C(=O)O)cc4)cc3C2)cn1. The first-order chi connectivity index (χ1) is 14.5. The molecule has 0 bridgehead atoms. The van der Waals surface area contributed by atoms with E-state index in [-0.39, 0.29) is 0 Å². The fourth-order valence-electron chi connectivity index (χ4n) is 3.99. The maximum Gasteiger partial charge on any atom is 0.335 e. The summed E-state index contributed by atoms with van der Waals surface area (Å²) in [7, 11) is 0. The largest absolute Gasteiger partial charge is 0.478 e. The summed E-state index contributed by atoms with van der Waals surface area (Å²) in [5.41, 5.74) is 6.85. The minimum Gasteiger partial charge on any atom is -0.478 e. The Bertz CT molecular complexity index is 1030. The molecular weight excluding hydrogens is 376 g/mol. The zero-order valence-electron chi connectivity index (χ0n) is 17.0. The van der Waals surface area contributed by atoms with Crippen LogP contribution in [0.2, 0.25) is 0 Å². The van der Waals surface area contributed by atoms with Crippen LogP contribution in [-0.4, -0.2) is 33.8 Å². The zero-order chi connectivity index (χ0) is 21.1. The van der Waals surface area contributed by atoms with Crippen molar-refractivity contribution in [1.29, 1.82) is 0 Å². The summed E-state index contributed by atoms with van der Waals surface area (Å²) in [6, 6.07) is 17.6. The molecule has 0 aliphatic heterocycles. The summed E-state index contributed by atoms with van der Waals surface area (Å²) >= 11 is 0. The van der Waals surface area contributed by atoms with Gasteiger partial charge in [-0.25, -0.2) is 4.79 Å². The number of hydrogen-bond donors (Lipinski definition) is 3. The number of rotatable bonds is 6. The minimum atomic E-state index is -0.912. The van der Waals surface area contributed by atoms with Crippen molar-refractivity contribution in [2.75, 3.05) is 6.54 Å². The number of nitrogens with zero attached hydrogens (tertiary/aromatic N) is 1. The maximum atomic E-state index is 11.1. The predicted octanol–water partition coefficient (Wildman–Crippen LogP) is 3.94.